The first-order valence-corrected chi connectivity index (χ1v) is 7.46. The number of amides is 1. The van der Waals surface area contributed by atoms with Crippen LogP contribution in [-0.4, -0.2) is 21.6 Å². The summed E-state index contributed by atoms with van der Waals surface area (Å²) < 4.78 is -0.595. The fourth-order valence-corrected chi connectivity index (χ4v) is 2.44. The molecule has 0 aromatic heterocycles. The second kappa shape index (κ2) is 8.48. The Morgan fingerprint density at radius 3 is 2.38 bits per heavy atom. The van der Waals surface area contributed by atoms with Crippen LogP contribution in [0, 0.1) is 0 Å². The summed E-state index contributed by atoms with van der Waals surface area (Å²) in [5, 5.41) is 0. The highest BCUT2D eigenvalue weighted by Gasteiger charge is 2.31. The lowest BCUT2D eigenvalue weighted by molar-refractivity contribution is -0.120. The Labute approximate surface area is 115 Å². The molecule has 0 aliphatic carbocycles. The lowest BCUT2D eigenvalue weighted by atomic mass is 9.96. The van der Waals surface area contributed by atoms with Gasteiger partial charge in [-0.25, -0.2) is 0 Å². The Kier molecular flexibility index (Phi) is 8.68. The molecule has 0 saturated heterocycles. The average molecular weight is 358 g/mol. The molecule has 0 spiro atoms. The van der Waals surface area contributed by atoms with Gasteiger partial charge in [0.05, 0.1) is 0 Å². The first-order valence-electron chi connectivity index (χ1n) is 5.75. The van der Waals surface area contributed by atoms with E-state index in [9.17, 15) is 4.79 Å². The van der Waals surface area contributed by atoms with Gasteiger partial charge in [-0.05, 0) is 25.8 Å². The van der Waals surface area contributed by atoms with Gasteiger partial charge in [-0.2, -0.15) is 0 Å². The minimum atomic E-state index is -0.595. The summed E-state index contributed by atoms with van der Waals surface area (Å²) >= 11 is 6.94. The van der Waals surface area contributed by atoms with Gasteiger partial charge in [-0.15, -0.1) is 0 Å². The molecule has 2 unspecified atom stereocenters. The molecule has 0 fully saturated rings. The minimum Gasteiger partial charge on any atom is -0.368 e. The molecule has 0 aromatic rings. The third-order valence-corrected chi connectivity index (χ3v) is 4.30. The van der Waals surface area contributed by atoms with E-state index in [1.54, 1.807) is 0 Å². The zero-order valence-electron chi connectivity index (χ0n) is 9.85. The Bertz CT molecular complexity index is 212. The Hall–Kier alpha value is 0.390. The summed E-state index contributed by atoms with van der Waals surface area (Å²) in [4.78, 5) is 11.9. The molecule has 0 radical (unpaired) electrons. The van der Waals surface area contributed by atoms with Gasteiger partial charge in [0.25, 0.3) is 0 Å². The van der Waals surface area contributed by atoms with Crippen LogP contribution in [0.2, 0.25) is 0 Å². The summed E-state index contributed by atoms with van der Waals surface area (Å²) in [5.41, 5.74) is 10.8. The van der Waals surface area contributed by atoms with Gasteiger partial charge in [0.1, 0.15) is 4.32 Å². The third kappa shape index (κ3) is 6.86. The summed E-state index contributed by atoms with van der Waals surface area (Å²) in [5.74, 6) is -0.299. The molecule has 0 aliphatic heterocycles. The number of primary amides is 1. The van der Waals surface area contributed by atoms with Gasteiger partial charge in [-0.3, -0.25) is 4.79 Å². The van der Waals surface area contributed by atoms with E-state index in [4.69, 9.17) is 11.5 Å². The highest BCUT2D eigenvalue weighted by atomic mass is 79.9. The van der Waals surface area contributed by atoms with Crippen molar-refractivity contribution in [1.82, 2.24) is 0 Å². The van der Waals surface area contributed by atoms with Crippen LogP contribution in [0.15, 0.2) is 0 Å². The molecule has 16 heavy (non-hydrogen) atoms. The highest BCUT2D eigenvalue weighted by Crippen LogP contribution is 2.28. The predicted octanol–water partition coefficient (Wildman–Crippen LogP) is 2.69. The maximum atomic E-state index is 11.3. The lowest BCUT2D eigenvalue weighted by Crippen LogP contribution is -2.39. The SMILES string of the molecule is CC(Br)CCCCCC(Br)(CCN)C(N)=O. The Morgan fingerprint density at radius 1 is 1.31 bits per heavy atom. The number of carbonyl (C=O) groups excluding carboxylic acids is 1. The van der Waals surface area contributed by atoms with Crippen LogP contribution in [0.4, 0.5) is 0 Å². The van der Waals surface area contributed by atoms with Crippen molar-refractivity contribution in [1.29, 1.82) is 0 Å². The van der Waals surface area contributed by atoms with Crippen molar-refractivity contribution in [2.45, 2.75) is 54.6 Å². The van der Waals surface area contributed by atoms with E-state index < -0.39 is 4.32 Å². The van der Waals surface area contributed by atoms with Crippen molar-refractivity contribution in [3.8, 4) is 0 Å². The van der Waals surface area contributed by atoms with Gasteiger partial charge < -0.3 is 11.5 Å². The molecule has 96 valence electrons. The largest absolute Gasteiger partial charge is 0.368 e. The van der Waals surface area contributed by atoms with Crippen LogP contribution in [0.25, 0.3) is 0 Å². The van der Waals surface area contributed by atoms with Crippen LogP contribution in [0.1, 0.15) is 45.4 Å². The highest BCUT2D eigenvalue weighted by molar-refractivity contribution is 9.10. The maximum Gasteiger partial charge on any atom is 0.234 e. The molecule has 5 heteroatoms. The van der Waals surface area contributed by atoms with E-state index in [0.717, 1.165) is 19.3 Å². The van der Waals surface area contributed by atoms with Crippen LogP contribution in [-0.2, 0) is 4.79 Å². The molecule has 0 saturated carbocycles. The van der Waals surface area contributed by atoms with Gasteiger partial charge in [0, 0.05) is 4.83 Å². The monoisotopic (exact) mass is 356 g/mol. The van der Waals surface area contributed by atoms with Crippen molar-refractivity contribution >= 4 is 37.8 Å². The van der Waals surface area contributed by atoms with Crippen LogP contribution >= 0.6 is 31.9 Å². The van der Waals surface area contributed by atoms with Crippen LogP contribution < -0.4 is 11.5 Å². The van der Waals surface area contributed by atoms with Crippen LogP contribution in [0.3, 0.4) is 0 Å². The number of halogens is 2. The summed E-state index contributed by atoms with van der Waals surface area (Å²) in [6, 6.07) is 0. The lowest BCUT2D eigenvalue weighted by Gasteiger charge is -2.23. The Balaban J connectivity index is 3.81. The maximum absolute atomic E-state index is 11.3. The van der Waals surface area contributed by atoms with Crippen molar-refractivity contribution in [3.05, 3.63) is 0 Å². The van der Waals surface area contributed by atoms with E-state index in [1.165, 1.54) is 12.8 Å². The van der Waals surface area contributed by atoms with E-state index >= 15 is 0 Å². The second-order valence-corrected chi connectivity index (χ2v) is 7.33. The molecule has 1 amide bonds. The molecule has 2 atom stereocenters. The zero-order valence-corrected chi connectivity index (χ0v) is 13.0. The van der Waals surface area contributed by atoms with Gasteiger partial charge in [0.2, 0.25) is 5.91 Å². The molecule has 0 rings (SSSR count). The molecule has 0 aromatic carbocycles. The number of hydrogen-bond acceptors (Lipinski definition) is 2. The molecule has 3 nitrogen and oxygen atoms in total. The third-order valence-electron chi connectivity index (χ3n) is 2.66. The van der Waals surface area contributed by atoms with Gasteiger partial charge in [0.15, 0.2) is 0 Å². The first kappa shape index (κ1) is 16.4. The van der Waals surface area contributed by atoms with Crippen LogP contribution in [0.5, 0.6) is 0 Å². The zero-order chi connectivity index (χ0) is 12.6. The quantitative estimate of drug-likeness (QED) is 0.492. The van der Waals surface area contributed by atoms with Crippen molar-refractivity contribution in [2.75, 3.05) is 6.54 Å². The molecule has 4 N–H and O–H groups in total. The minimum absolute atomic E-state index is 0.299. The summed E-state index contributed by atoms with van der Waals surface area (Å²) in [7, 11) is 0. The number of unbranched alkanes of at least 4 members (excludes halogenated alkanes) is 2. The average Bonchev–Trinajstić information content (AvgIpc) is 2.17. The molecular formula is C11H22Br2N2O. The topological polar surface area (TPSA) is 69.1 Å². The van der Waals surface area contributed by atoms with Crippen molar-refractivity contribution < 1.29 is 4.79 Å². The Morgan fingerprint density at radius 2 is 1.94 bits per heavy atom. The fraction of sp³-hybridized carbons (Fsp3) is 0.909. The summed E-state index contributed by atoms with van der Waals surface area (Å²) in [6.07, 6.45) is 5.86. The number of hydrogen-bond donors (Lipinski definition) is 2. The van der Waals surface area contributed by atoms with E-state index in [0.29, 0.717) is 17.8 Å². The number of carbonyl (C=O) groups is 1. The van der Waals surface area contributed by atoms with E-state index in [-0.39, 0.29) is 5.91 Å². The van der Waals surface area contributed by atoms with Crippen molar-refractivity contribution in [2.24, 2.45) is 11.5 Å². The first-order chi connectivity index (χ1) is 7.42. The van der Waals surface area contributed by atoms with Gasteiger partial charge >= 0.3 is 0 Å². The molecular weight excluding hydrogens is 336 g/mol. The smallest absolute Gasteiger partial charge is 0.234 e. The normalized spacial score (nSPS) is 16.8. The molecule has 0 aliphatic rings. The van der Waals surface area contributed by atoms with Gasteiger partial charge in [-0.1, -0.05) is 58.0 Å². The standard InChI is InChI=1S/C11H22Br2N2O/c1-9(12)5-3-2-4-6-11(13,7-8-14)10(15)16/h9H,2-8,14H2,1H3,(H2,15,16). The fourth-order valence-electron chi connectivity index (χ4n) is 1.61. The molecule has 0 heterocycles. The number of rotatable bonds is 9. The second-order valence-electron chi connectivity index (χ2n) is 4.25. The number of nitrogens with two attached hydrogens (primary N) is 2. The summed E-state index contributed by atoms with van der Waals surface area (Å²) in [6.45, 7) is 2.62. The van der Waals surface area contributed by atoms with Crippen molar-refractivity contribution in [3.63, 3.8) is 0 Å². The number of alkyl halides is 2. The van der Waals surface area contributed by atoms with E-state index in [1.807, 2.05) is 0 Å². The molecule has 0 bridgehead atoms. The predicted molar refractivity (Wildman–Crippen MR) is 76.0 cm³/mol. The van der Waals surface area contributed by atoms with E-state index in [2.05, 4.69) is 38.8 Å².